The summed E-state index contributed by atoms with van der Waals surface area (Å²) in [5.74, 6) is 1.98. The molecular weight excluding hydrogens is 364 g/mol. The van der Waals surface area contributed by atoms with Crippen LogP contribution in [0.4, 0.5) is 5.82 Å². The molecule has 0 spiro atoms. The van der Waals surface area contributed by atoms with Crippen LogP contribution in [0.5, 0.6) is 11.6 Å². The van der Waals surface area contributed by atoms with Gasteiger partial charge in [0, 0.05) is 38.2 Å². The fraction of sp³-hybridized carbons (Fsp3) is 0.522. The van der Waals surface area contributed by atoms with Crippen molar-refractivity contribution in [2.45, 2.75) is 57.4 Å². The second-order valence-corrected chi connectivity index (χ2v) is 8.39. The van der Waals surface area contributed by atoms with E-state index >= 15 is 0 Å². The van der Waals surface area contributed by atoms with Crippen molar-refractivity contribution in [3.05, 3.63) is 41.5 Å². The first-order valence-corrected chi connectivity index (χ1v) is 10.9. The molecule has 2 aliphatic heterocycles. The maximum absolute atomic E-state index is 11.8. The maximum atomic E-state index is 11.8. The van der Waals surface area contributed by atoms with Crippen LogP contribution in [-0.4, -0.2) is 46.7 Å². The minimum Gasteiger partial charge on any atom is -0.438 e. The second kappa shape index (κ2) is 8.11. The Hall–Kier alpha value is -2.47. The van der Waals surface area contributed by atoms with Gasteiger partial charge in [-0.2, -0.15) is 0 Å². The van der Waals surface area contributed by atoms with E-state index in [4.69, 9.17) is 4.74 Å². The zero-order valence-corrected chi connectivity index (χ0v) is 16.8. The maximum Gasteiger partial charge on any atom is 0.238 e. The average Bonchev–Trinajstić information content (AvgIpc) is 3.37. The Morgan fingerprint density at radius 2 is 1.69 bits per heavy atom. The topological polar surface area (TPSA) is 58.6 Å². The number of aromatic nitrogens is 2. The Morgan fingerprint density at radius 1 is 0.862 bits per heavy atom. The minimum atomic E-state index is 0.116. The summed E-state index contributed by atoms with van der Waals surface area (Å²) >= 11 is 0. The SMILES string of the molecule is O=C1CCCN1c1ccc(Oc2ccc3c(c2)CCN(C2CCCC2)CC3)nn1. The number of fused-ring (bicyclic) bond motifs is 1. The first kappa shape index (κ1) is 18.6. The summed E-state index contributed by atoms with van der Waals surface area (Å²) < 4.78 is 5.97. The van der Waals surface area contributed by atoms with Gasteiger partial charge >= 0.3 is 0 Å². The third kappa shape index (κ3) is 3.99. The average molecular weight is 393 g/mol. The number of benzene rings is 1. The molecule has 1 aromatic carbocycles. The molecule has 0 bridgehead atoms. The summed E-state index contributed by atoms with van der Waals surface area (Å²) in [6.07, 6.45) is 9.16. The lowest BCUT2D eigenvalue weighted by Gasteiger charge is -2.26. The van der Waals surface area contributed by atoms with Crippen molar-refractivity contribution in [2.75, 3.05) is 24.5 Å². The van der Waals surface area contributed by atoms with Gasteiger partial charge in [0.15, 0.2) is 5.82 Å². The van der Waals surface area contributed by atoms with E-state index in [2.05, 4.69) is 27.2 Å². The molecule has 1 amide bonds. The third-order valence-corrected chi connectivity index (χ3v) is 6.55. The van der Waals surface area contributed by atoms with Gasteiger partial charge in [0.2, 0.25) is 11.8 Å². The first-order chi connectivity index (χ1) is 14.3. The molecule has 0 unspecified atom stereocenters. The van der Waals surface area contributed by atoms with Gasteiger partial charge in [-0.15, -0.1) is 10.2 Å². The van der Waals surface area contributed by atoms with E-state index < -0.39 is 0 Å². The highest BCUT2D eigenvalue weighted by Crippen LogP contribution is 2.29. The molecule has 152 valence electrons. The van der Waals surface area contributed by atoms with E-state index in [-0.39, 0.29) is 5.91 Å². The summed E-state index contributed by atoms with van der Waals surface area (Å²) in [7, 11) is 0. The number of anilines is 1. The lowest BCUT2D eigenvalue weighted by Crippen LogP contribution is -2.35. The first-order valence-electron chi connectivity index (χ1n) is 10.9. The molecule has 6 nitrogen and oxygen atoms in total. The van der Waals surface area contributed by atoms with Gasteiger partial charge in [-0.1, -0.05) is 18.9 Å². The van der Waals surface area contributed by atoms with Crippen LogP contribution in [0.2, 0.25) is 0 Å². The van der Waals surface area contributed by atoms with Gasteiger partial charge in [0.1, 0.15) is 5.75 Å². The molecule has 6 heteroatoms. The molecule has 5 rings (SSSR count). The zero-order valence-electron chi connectivity index (χ0n) is 16.8. The molecular formula is C23H28N4O2. The van der Waals surface area contributed by atoms with Crippen LogP contribution in [0.25, 0.3) is 0 Å². The summed E-state index contributed by atoms with van der Waals surface area (Å²) in [6, 6.07) is 10.8. The lowest BCUT2D eigenvalue weighted by atomic mass is 10.0. The highest BCUT2D eigenvalue weighted by atomic mass is 16.5. The molecule has 1 aromatic heterocycles. The van der Waals surface area contributed by atoms with E-state index in [1.807, 2.05) is 12.1 Å². The second-order valence-electron chi connectivity index (χ2n) is 8.39. The van der Waals surface area contributed by atoms with Crippen LogP contribution in [-0.2, 0) is 17.6 Å². The fourth-order valence-electron chi connectivity index (χ4n) is 4.94. The Kier molecular flexibility index (Phi) is 5.19. The van der Waals surface area contributed by atoms with E-state index in [1.165, 1.54) is 43.4 Å². The third-order valence-electron chi connectivity index (χ3n) is 6.55. The largest absolute Gasteiger partial charge is 0.438 e. The van der Waals surface area contributed by atoms with Crippen molar-refractivity contribution >= 4 is 11.7 Å². The quantitative estimate of drug-likeness (QED) is 0.793. The number of nitrogens with zero attached hydrogens (tertiary/aromatic N) is 4. The minimum absolute atomic E-state index is 0.116. The summed E-state index contributed by atoms with van der Waals surface area (Å²) in [5.41, 5.74) is 2.82. The number of carbonyl (C=O) groups is 1. The van der Waals surface area contributed by atoms with Crippen molar-refractivity contribution in [3.63, 3.8) is 0 Å². The zero-order chi connectivity index (χ0) is 19.6. The molecule has 2 aromatic rings. The molecule has 0 atom stereocenters. The van der Waals surface area contributed by atoms with Crippen LogP contribution < -0.4 is 9.64 Å². The predicted molar refractivity (Wildman–Crippen MR) is 111 cm³/mol. The van der Waals surface area contributed by atoms with Gasteiger partial charge in [-0.3, -0.25) is 14.6 Å². The number of ether oxygens (including phenoxy) is 1. The van der Waals surface area contributed by atoms with Crippen LogP contribution in [0.3, 0.4) is 0 Å². The van der Waals surface area contributed by atoms with Crippen molar-refractivity contribution in [2.24, 2.45) is 0 Å². The van der Waals surface area contributed by atoms with E-state index in [1.54, 1.807) is 11.0 Å². The highest BCUT2D eigenvalue weighted by Gasteiger charge is 2.25. The highest BCUT2D eigenvalue weighted by molar-refractivity contribution is 5.94. The van der Waals surface area contributed by atoms with Crippen molar-refractivity contribution in [1.29, 1.82) is 0 Å². The van der Waals surface area contributed by atoms with Crippen LogP contribution in [0, 0.1) is 0 Å². The number of amides is 1. The van der Waals surface area contributed by atoms with Crippen LogP contribution >= 0.6 is 0 Å². The van der Waals surface area contributed by atoms with Gasteiger partial charge in [0.25, 0.3) is 0 Å². The van der Waals surface area contributed by atoms with Crippen molar-refractivity contribution in [3.8, 4) is 11.6 Å². The normalized spacial score (nSPS) is 20.7. The number of rotatable bonds is 4. The van der Waals surface area contributed by atoms with E-state index in [0.717, 1.165) is 44.1 Å². The van der Waals surface area contributed by atoms with Gasteiger partial charge in [-0.05, 0) is 61.4 Å². The summed E-state index contributed by atoms with van der Waals surface area (Å²) in [6.45, 7) is 3.02. The standard InChI is InChI=1S/C23H28N4O2/c28-23-6-3-13-27(23)21-9-10-22(25-24-21)29-20-8-7-17-11-14-26(15-12-18(17)16-20)19-4-1-2-5-19/h7-10,16,19H,1-6,11-15H2. The molecule has 1 saturated heterocycles. The predicted octanol–water partition coefficient (Wildman–Crippen LogP) is 3.74. The lowest BCUT2D eigenvalue weighted by molar-refractivity contribution is -0.117. The Bertz CT molecular complexity index is 877. The van der Waals surface area contributed by atoms with Crippen molar-refractivity contribution < 1.29 is 9.53 Å². The van der Waals surface area contributed by atoms with Crippen molar-refractivity contribution in [1.82, 2.24) is 15.1 Å². The monoisotopic (exact) mass is 392 g/mol. The molecule has 0 radical (unpaired) electrons. The van der Waals surface area contributed by atoms with Gasteiger partial charge in [0.05, 0.1) is 0 Å². The Labute approximate surface area is 171 Å². The molecule has 2 fully saturated rings. The summed E-state index contributed by atoms with van der Waals surface area (Å²) in [5, 5.41) is 8.36. The molecule has 3 heterocycles. The molecule has 1 aliphatic carbocycles. The number of carbonyl (C=O) groups excluding carboxylic acids is 1. The number of hydrogen-bond acceptors (Lipinski definition) is 5. The molecule has 1 saturated carbocycles. The van der Waals surface area contributed by atoms with E-state index in [9.17, 15) is 4.79 Å². The summed E-state index contributed by atoms with van der Waals surface area (Å²) in [4.78, 5) is 16.2. The smallest absolute Gasteiger partial charge is 0.238 e. The van der Waals surface area contributed by atoms with Gasteiger partial charge in [-0.25, -0.2) is 0 Å². The Morgan fingerprint density at radius 3 is 2.41 bits per heavy atom. The molecule has 29 heavy (non-hydrogen) atoms. The van der Waals surface area contributed by atoms with Crippen LogP contribution in [0.1, 0.15) is 49.7 Å². The molecule has 0 N–H and O–H groups in total. The Balaban J connectivity index is 1.25. The fourth-order valence-corrected chi connectivity index (χ4v) is 4.94. The van der Waals surface area contributed by atoms with Gasteiger partial charge < -0.3 is 4.74 Å². The van der Waals surface area contributed by atoms with Crippen LogP contribution in [0.15, 0.2) is 30.3 Å². The number of hydrogen-bond donors (Lipinski definition) is 0. The molecule has 3 aliphatic rings. The van der Waals surface area contributed by atoms with E-state index in [0.29, 0.717) is 18.1 Å².